The van der Waals surface area contributed by atoms with Crippen LogP contribution in [-0.4, -0.2) is 25.7 Å². The van der Waals surface area contributed by atoms with Crippen molar-refractivity contribution in [1.29, 1.82) is 0 Å². The topological polar surface area (TPSA) is 110 Å². The number of anilines is 2. The molecule has 9 heteroatoms. The molecule has 0 unspecified atom stereocenters. The van der Waals surface area contributed by atoms with Crippen LogP contribution in [0.5, 0.6) is 0 Å². The van der Waals surface area contributed by atoms with Crippen molar-refractivity contribution in [3.8, 4) is 0 Å². The first-order valence-corrected chi connectivity index (χ1v) is 8.30. The number of rotatable bonds is 5. The molecule has 0 spiro atoms. The van der Waals surface area contributed by atoms with E-state index in [9.17, 15) is 13.6 Å². The van der Waals surface area contributed by atoms with Crippen LogP contribution in [0.1, 0.15) is 21.7 Å². The van der Waals surface area contributed by atoms with E-state index in [-0.39, 0.29) is 11.5 Å². The van der Waals surface area contributed by atoms with Gasteiger partial charge in [-0.25, -0.2) is 18.7 Å². The van der Waals surface area contributed by atoms with E-state index in [1.54, 1.807) is 30.7 Å². The maximum absolute atomic E-state index is 14.3. The first-order valence-electron chi connectivity index (χ1n) is 8.30. The molecule has 4 aromatic rings. The van der Waals surface area contributed by atoms with Gasteiger partial charge in [0.2, 0.25) is 11.6 Å². The van der Waals surface area contributed by atoms with Gasteiger partial charge in [0.15, 0.2) is 5.82 Å². The molecule has 0 fully saturated rings. The summed E-state index contributed by atoms with van der Waals surface area (Å²) >= 11 is 0. The van der Waals surface area contributed by atoms with Crippen molar-refractivity contribution in [2.45, 2.75) is 6.54 Å². The molecule has 7 nitrogen and oxygen atoms in total. The molecular weight excluding hydrogens is 366 g/mol. The predicted octanol–water partition coefficient (Wildman–Crippen LogP) is 3.06. The number of aromatic amines is 1. The molecule has 3 aromatic heterocycles. The third-order valence-corrected chi connectivity index (χ3v) is 4.15. The van der Waals surface area contributed by atoms with Crippen molar-refractivity contribution >= 4 is 28.3 Å². The number of pyridine rings is 1. The number of fused-ring (bicyclic) bond motifs is 1. The number of nitrogens with zero attached hydrogens (tertiary/aromatic N) is 3. The highest BCUT2D eigenvalue weighted by Gasteiger charge is 2.24. The number of nitrogen functional groups attached to an aromatic ring is 1. The van der Waals surface area contributed by atoms with Crippen LogP contribution in [0.25, 0.3) is 11.0 Å². The van der Waals surface area contributed by atoms with Gasteiger partial charge in [-0.05, 0) is 29.8 Å². The van der Waals surface area contributed by atoms with Gasteiger partial charge < -0.3 is 16.0 Å². The van der Waals surface area contributed by atoms with E-state index in [0.717, 1.165) is 17.7 Å². The molecule has 0 amide bonds. The number of hydrogen-bond donors (Lipinski definition) is 3. The number of carbonyl (C=O) groups is 1. The van der Waals surface area contributed by atoms with Gasteiger partial charge in [-0.3, -0.25) is 9.78 Å². The zero-order chi connectivity index (χ0) is 19.7. The Morgan fingerprint density at radius 2 is 2.04 bits per heavy atom. The van der Waals surface area contributed by atoms with E-state index < -0.39 is 23.0 Å². The number of H-pyrrole nitrogens is 1. The maximum Gasteiger partial charge on any atom is 0.236 e. The van der Waals surface area contributed by atoms with Gasteiger partial charge in [0.1, 0.15) is 17.3 Å². The first kappa shape index (κ1) is 17.5. The van der Waals surface area contributed by atoms with Gasteiger partial charge in [0.25, 0.3) is 0 Å². The molecule has 1 aromatic carbocycles. The second kappa shape index (κ2) is 7.03. The van der Waals surface area contributed by atoms with Crippen molar-refractivity contribution in [2.24, 2.45) is 0 Å². The summed E-state index contributed by atoms with van der Waals surface area (Å²) in [6.45, 7) is 0.389. The van der Waals surface area contributed by atoms with Gasteiger partial charge in [-0.2, -0.15) is 0 Å². The quantitative estimate of drug-likeness (QED) is 0.363. The van der Waals surface area contributed by atoms with Gasteiger partial charge in [-0.1, -0.05) is 6.07 Å². The fourth-order valence-corrected chi connectivity index (χ4v) is 2.75. The van der Waals surface area contributed by atoms with E-state index >= 15 is 0 Å². The molecule has 140 valence electrons. The van der Waals surface area contributed by atoms with Crippen LogP contribution in [0.4, 0.5) is 20.3 Å². The molecule has 0 aliphatic heterocycles. The van der Waals surface area contributed by atoms with Crippen molar-refractivity contribution < 1.29 is 13.6 Å². The Morgan fingerprint density at radius 1 is 1.18 bits per heavy atom. The average molecular weight is 380 g/mol. The van der Waals surface area contributed by atoms with E-state index in [2.05, 4.69) is 25.3 Å². The Kier molecular flexibility index (Phi) is 4.40. The third-order valence-electron chi connectivity index (χ3n) is 4.15. The first-order chi connectivity index (χ1) is 13.5. The molecule has 4 rings (SSSR count). The van der Waals surface area contributed by atoms with Crippen molar-refractivity contribution in [2.75, 3.05) is 11.1 Å². The number of ketones is 1. The molecule has 0 aliphatic carbocycles. The van der Waals surface area contributed by atoms with Crippen LogP contribution >= 0.6 is 0 Å². The minimum Gasteiger partial charge on any atom is -0.396 e. The van der Waals surface area contributed by atoms with Gasteiger partial charge in [-0.15, -0.1) is 0 Å². The highest BCUT2D eigenvalue weighted by Crippen LogP contribution is 2.24. The molecule has 0 atom stereocenters. The summed E-state index contributed by atoms with van der Waals surface area (Å²) in [6, 6.07) is 7.39. The second-order valence-corrected chi connectivity index (χ2v) is 6.01. The van der Waals surface area contributed by atoms with Gasteiger partial charge in [0, 0.05) is 25.1 Å². The van der Waals surface area contributed by atoms with Crippen LogP contribution in [0.3, 0.4) is 0 Å². The normalized spacial score (nSPS) is 10.9. The minimum absolute atomic E-state index is 0.333. The molecule has 0 saturated carbocycles. The lowest BCUT2D eigenvalue weighted by atomic mass is 10.1. The Labute approximate surface area is 157 Å². The maximum atomic E-state index is 14.3. The van der Waals surface area contributed by atoms with Gasteiger partial charge >= 0.3 is 0 Å². The summed E-state index contributed by atoms with van der Waals surface area (Å²) < 4.78 is 28.3. The van der Waals surface area contributed by atoms with E-state index in [0.29, 0.717) is 23.4 Å². The Bertz CT molecular complexity index is 1180. The largest absolute Gasteiger partial charge is 0.396 e. The minimum atomic E-state index is -1.13. The predicted molar refractivity (Wildman–Crippen MR) is 99.7 cm³/mol. The third kappa shape index (κ3) is 3.13. The summed E-state index contributed by atoms with van der Waals surface area (Å²) in [7, 11) is 0. The fraction of sp³-hybridized carbons (Fsp3) is 0.0526. The highest BCUT2D eigenvalue weighted by molar-refractivity contribution is 6.08. The number of hydrogen-bond acceptors (Lipinski definition) is 6. The number of nitrogens with one attached hydrogen (secondary N) is 2. The molecule has 0 saturated heterocycles. The van der Waals surface area contributed by atoms with Gasteiger partial charge in [0.05, 0.1) is 16.6 Å². The second-order valence-electron chi connectivity index (χ2n) is 6.01. The van der Waals surface area contributed by atoms with E-state index in [1.807, 2.05) is 6.07 Å². The molecule has 0 bridgehead atoms. The summed E-state index contributed by atoms with van der Waals surface area (Å²) in [5.41, 5.74) is 5.59. The lowest BCUT2D eigenvalue weighted by molar-refractivity contribution is 0.102. The fourth-order valence-electron chi connectivity index (χ4n) is 2.75. The van der Waals surface area contributed by atoms with E-state index in [4.69, 9.17) is 5.73 Å². The molecule has 3 heterocycles. The average Bonchev–Trinajstić information content (AvgIpc) is 3.18. The smallest absolute Gasteiger partial charge is 0.236 e. The van der Waals surface area contributed by atoms with Crippen molar-refractivity contribution in [3.05, 3.63) is 77.5 Å². The summed E-state index contributed by atoms with van der Waals surface area (Å²) in [4.78, 5) is 27.9. The summed E-state index contributed by atoms with van der Waals surface area (Å²) in [6.07, 6.45) is 4.97. The van der Waals surface area contributed by atoms with Crippen LogP contribution < -0.4 is 11.1 Å². The number of carbonyl (C=O) groups excluding carboxylic acids is 1. The zero-order valence-corrected chi connectivity index (χ0v) is 14.4. The Morgan fingerprint density at radius 3 is 2.82 bits per heavy atom. The summed E-state index contributed by atoms with van der Waals surface area (Å²) in [5.74, 6) is -3.17. The van der Waals surface area contributed by atoms with Crippen molar-refractivity contribution in [1.82, 2.24) is 19.9 Å². The SMILES string of the molecule is Nc1ccc(F)c(C(=O)c2nc(NCc3cccnc3)c3cc[nH]c3n2)c1F. The van der Waals surface area contributed by atoms with Crippen LogP contribution in [-0.2, 0) is 6.54 Å². The Balaban J connectivity index is 1.74. The number of benzene rings is 1. The lowest BCUT2D eigenvalue weighted by Gasteiger charge is -2.10. The standard InChI is InChI=1S/C19H14F2N6O/c20-12-3-4-13(22)15(21)14(12)16(28)19-26-17-11(5-7-24-17)18(27-19)25-9-10-2-1-6-23-8-10/h1-8H,9,22H2,(H2,24,25,26,27). The lowest BCUT2D eigenvalue weighted by Crippen LogP contribution is -2.14. The molecule has 4 N–H and O–H groups in total. The molecular formula is C19H14F2N6O. The van der Waals surface area contributed by atoms with Crippen LogP contribution in [0, 0.1) is 11.6 Å². The zero-order valence-electron chi connectivity index (χ0n) is 14.4. The monoisotopic (exact) mass is 380 g/mol. The Hall–Kier alpha value is -3.88. The summed E-state index contributed by atoms with van der Waals surface area (Å²) in [5, 5.41) is 3.74. The van der Waals surface area contributed by atoms with Crippen molar-refractivity contribution in [3.63, 3.8) is 0 Å². The molecule has 28 heavy (non-hydrogen) atoms. The highest BCUT2D eigenvalue weighted by atomic mass is 19.1. The van der Waals surface area contributed by atoms with E-state index in [1.165, 1.54) is 0 Å². The number of nitrogens with two attached hydrogens (primary N) is 1. The number of halogens is 2. The van der Waals surface area contributed by atoms with Crippen LogP contribution in [0.2, 0.25) is 0 Å². The molecule has 0 radical (unpaired) electrons. The van der Waals surface area contributed by atoms with Crippen LogP contribution in [0.15, 0.2) is 48.9 Å². The molecule has 0 aliphatic rings. The number of aromatic nitrogens is 4.